The summed E-state index contributed by atoms with van der Waals surface area (Å²) < 4.78 is 2.09. The molecule has 0 spiro atoms. The number of carbonyl (C=O) groups is 1. The fourth-order valence-electron chi connectivity index (χ4n) is 4.41. The molecule has 0 radical (unpaired) electrons. The molecule has 2 aliphatic rings. The van der Waals surface area contributed by atoms with Gasteiger partial charge in [-0.15, -0.1) is 0 Å². The van der Waals surface area contributed by atoms with Gasteiger partial charge in [0.15, 0.2) is 6.29 Å². The Morgan fingerprint density at radius 3 is 2.45 bits per heavy atom. The third kappa shape index (κ3) is 5.66. The third-order valence-corrected chi connectivity index (χ3v) is 5.89. The van der Waals surface area contributed by atoms with Crippen molar-refractivity contribution in [2.45, 2.75) is 31.7 Å². The molecule has 5 rings (SSSR count). The summed E-state index contributed by atoms with van der Waals surface area (Å²) in [5.74, 6) is 1.20. The summed E-state index contributed by atoms with van der Waals surface area (Å²) in [6, 6.07) is 6.25. The lowest BCUT2D eigenvalue weighted by molar-refractivity contribution is 0.111. The highest BCUT2D eigenvalue weighted by Crippen LogP contribution is 2.34. The van der Waals surface area contributed by atoms with Crippen molar-refractivity contribution in [2.24, 2.45) is 0 Å². The van der Waals surface area contributed by atoms with Crippen LogP contribution < -0.4 is 15.5 Å². The van der Waals surface area contributed by atoms with Gasteiger partial charge in [0.05, 0.1) is 17.6 Å². The van der Waals surface area contributed by atoms with E-state index in [1.807, 2.05) is 44.4 Å². The minimum absolute atomic E-state index is 0.340. The molecule has 0 atom stereocenters. The number of hydrogen-bond donors (Lipinski definition) is 2. The Labute approximate surface area is 195 Å². The van der Waals surface area contributed by atoms with E-state index >= 15 is 0 Å². The van der Waals surface area contributed by atoms with Crippen LogP contribution in [0, 0.1) is 0 Å². The molecule has 1 saturated heterocycles. The number of carbonyl (C=O) groups excluding carboxylic acids is 1. The third-order valence-electron chi connectivity index (χ3n) is 5.89. The Balaban J connectivity index is 0.000000601. The highest BCUT2D eigenvalue weighted by atomic mass is 16.1. The van der Waals surface area contributed by atoms with E-state index in [4.69, 9.17) is 4.98 Å². The first-order valence-electron chi connectivity index (χ1n) is 11.7. The van der Waals surface area contributed by atoms with Gasteiger partial charge in [-0.25, -0.2) is 9.97 Å². The second-order valence-corrected chi connectivity index (χ2v) is 9.07. The molecular formula is C24H34N8O. The molecule has 2 fully saturated rings. The van der Waals surface area contributed by atoms with Gasteiger partial charge < -0.3 is 25.0 Å². The monoisotopic (exact) mass is 450 g/mol. The molecule has 1 aliphatic heterocycles. The molecule has 9 nitrogen and oxygen atoms in total. The van der Waals surface area contributed by atoms with Crippen molar-refractivity contribution < 1.29 is 4.79 Å². The maximum atomic E-state index is 11.6. The Hall–Kier alpha value is -3.04. The molecule has 0 unspecified atom stereocenters. The van der Waals surface area contributed by atoms with Crippen molar-refractivity contribution in [2.75, 3.05) is 57.5 Å². The number of piperazine rings is 1. The molecule has 33 heavy (non-hydrogen) atoms. The predicted molar refractivity (Wildman–Crippen MR) is 133 cm³/mol. The van der Waals surface area contributed by atoms with E-state index in [0.717, 1.165) is 62.0 Å². The zero-order valence-electron chi connectivity index (χ0n) is 19.8. The predicted octanol–water partition coefficient (Wildman–Crippen LogP) is 3.08. The van der Waals surface area contributed by atoms with Gasteiger partial charge in [0, 0.05) is 43.8 Å². The topological polar surface area (TPSA) is 91.2 Å². The van der Waals surface area contributed by atoms with Crippen molar-refractivity contribution >= 4 is 34.8 Å². The lowest BCUT2D eigenvalue weighted by atomic mass is 10.2. The molecule has 0 aromatic carbocycles. The molecule has 1 saturated carbocycles. The van der Waals surface area contributed by atoms with Crippen LogP contribution in [0.2, 0.25) is 0 Å². The molecule has 4 heterocycles. The van der Waals surface area contributed by atoms with Crippen LogP contribution in [0.1, 0.15) is 42.2 Å². The van der Waals surface area contributed by atoms with Crippen LogP contribution in [-0.4, -0.2) is 78.0 Å². The van der Waals surface area contributed by atoms with Gasteiger partial charge in [-0.2, -0.15) is 4.98 Å². The fraction of sp³-hybridized carbons (Fsp3) is 0.500. The summed E-state index contributed by atoms with van der Waals surface area (Å²) in [7, 11) is 6.00. The van der Waals surface area contributed by atoms with Crippen LogP contribution in [0.25, 0.3) is 11.0 Å². The van der Waals surface area contributed by atoms with Crippen molar-refractivity contribution in [1.29, 1.82) is 0 Å². The van der Waals surface area contributed by atoms with Gasteiger partial charge in [-0.3, -0.25) is 4.79 Å². The molecule has 3 aromatic rings. The summed E-state index contributed by atoms with van der Waals surface area (Å²) in [4.78, 5) is 29.6. The minimum Gasteiger partial charge on any atom is -0.368 e. The van der Waals surface area contributed by atoms with E-state index in [1.54, 1.807) is 6.20 Å². The Morgan fingerprint density at radius 2 is 1.82 bits per heavy atom. The zero-order valence-corrected chi connectivity index (χ0v) is 19.8. The molecule has 1 aliphatic carbocycles. The maximum Gasteiger partial charge on any atom is 0.230 e. The number of fused-ring (bicyclic) bond motifs is 1. The summed E-state index contributed by atoms with van der Waals surface area (Å²) >= 11 is 0. The number of aromatic nitrogens is 4. The first-order valence-corrected chi connectivity index (χ1v) is 11.7. The number of anilines is 3. The normalized spacial score (nSPS) is 16.7. The van der Waals surface area contributed by atoms with Gasteiger partial charge in [0.25, 0.3) is 0 Å². The van der Waals surface area contributed by atoms with Crippen LogP contribution in [-0.2, 0) is 0 Å². The zero-order chi connectivity index (χ0) is 23.2. The standard InChI is InChI=1S/C21H25N7O.C3H9N/c29-14-18-11-15-12-24-21(26-20(15)28(18)16-3-1-2-4-16)25-19-6-5-17(13-23-19)27-9-7-22-8-10-27;1-4(2)3/h5-6,11-14,16,22H,1-4,7-10H2,(H,23,24,25,26);1-3H3. The number of aldehydes is 1. The van der Waals surface area contributed by atoms with Crippen LogP contribution in [0.15, 0.2) is 30.6 Å². The van der Waals surface area contributed by atoms with E-state index in [0.29, 0.717) is 23.5 Å². The SMILES string of the molecule is CN(C)C.O=Cc1cc2cnc(Nc3ccc(N4CCNCC4)cn3)nc2n1C1CCCC1. The Bertz CT molecular complexity index is 1050. The lowest BCUT2D eigenvalue weighted by Gasteiger charge is -2.29. The summed E-state index contributed by atoms with van der Waals surface area (Å²) in [6.07, 6.45) is 9.16. The van der Waals surface area contributed by atoms with Crippen LogP contribution in [0.5, 0.6) is 0 Å². The van der Waals surface area contributed by atoms with Crippen LogP contribution >= 0.6 is 0 Å². The van der Waals surface area contributed by atoms with Gasteiger partial charge >= 0.3 is 0 Å². The van der Waals surface area contributed by atoms with E-state index < -0.39 is 0 Å². The Morgan fingerprint density at radius 1 is 1.09 bits per heavy atom. The maximum absolute atomic E-state index is 11.6. The minimum atomic E-state index is 0.340. The first-order chi connectivity index (χ1) is 16.0. The number of hydrogen-bond acceptors (Lipinski definition) is 8. The second-order valence-electron chi connectivity index (χ2n) is 9.07. The summed E-state index contributed by atoms with van der Waals surface area (Å²) in [6.45, 7) is 3.98. The summed E-state index contributed by atoms with van der Waals surface area (Å²) in [5.41, 5.74) is 2.62. The van der Waals surface area contributed by atoms with Crippen molar-refractivity contribution in [3.8, 4) is 0 Å². The van der Waals surface area contributed by atoms with Crippen molar-refractivity contribution in [1.82, 2.24) is 29.7 Å². The Kier molecular flexibility index (Phi) is 7.51. The average molecular weight is 451 g/mol. The lowest BCUT2D eigenvalue weighted by Crippen LogP contribution is -2.43. The molecule has 176 valence electrons. The molecule has 9 heteroatoms. The first kappa shape index (κ1) is 23.1. The molecule has 0 amide bonds. The second kappa shape index (κ2) is 10.7. The number of nitrogens with zero attached hydrogens (tertiary/aromatic N) is 6. The van der Waals surface area contributed by atoms with Crippen molar-refractivity contribution in [3.63, 3.8) is 0 Å². The van der Waals surface area contributed by atoms with E-state index in [1.165, 1.54) is 12.8 Å². The van der Waals surface area contributed by atoms with Gasteiger partial charge in [0.1, 0.15) is 11.5 Å². The summed E-state index contributed by atoms with van der Waals surface area (Å²) in [5, 5.41) is 7.46. The largest absolute Gasteiger partial charge is 0.368 e. The number of rotatable bonds is 5. The molecule has 2 N–H and O–H groups in total. The smallest absolute Gasteiger partial charge is 0.230 e. The fourth-order valence-corrected chi connectivity index (χ4v) is 4.41. The molecular weight excluding hydrogens is 416 g/mol. The number of pyridine rings is 1. The molecule has 0 bridgehead atoms. The molecule has 3 aromatic heterocycles. The van der Waals surface area contributed by atoms with E-state index in [-0.39, 0.29) is 0 Å². The van der Waals surface area contributed by atoms with Gasteiger partial charge in [-0.05, 0) is 52.2 Å². The van der Waals surface area contributed by atoms with Gasteiger partial charge in [0.2, 0.25) is 5.95 Å². The van der Waals surface area contributed by atoms with Crippen LogP contribution in [0.3, 0.4) is 0 Å². The quantitative estimate of drug-likeness (QED) is 0.573. The number of nitrogens with one attached hydrogen (secondary N) is 2. The average Bonchev–Trinajstić information content (AvgIpc) is 3.47. The van der Waals surface area contributed by atoms with Crippen molar-refractivity contribution in [3.05, 3.63) is 36.3 Å². The van der Waals surface area contributed by atoms with E-state index in [2.05, 4.69) is 36.1 Å². The highest BCUT2D eigenvalue weighted by Gasteiger charge is 2.22. The van der Waals surface area contributed by atoms with E-state index in [9.17, 15) is 4.79 Å². The van der Waals surface area contributed by atoms with Gasteiger partial charge in [-0.1, -0.05) is 12.8 Å². The van der Waals surface area contributed by atoms with Crippen LogP contribution in [0.4, 0.5) is 17.5 Å². The highest BCUT2D eigenvalue weighted by molar-refractivity contribution is 5.87.